The van der Waals surface area contributed by atoms with Crippen LogP contribution in [-0.4, -0.2) is 68.3 Å². The summed E-state index contributed by atoms with van der Waals surface area (Å²) in [7, 11) is 2.17. The molecule has 0 aliphatic carbocycles. The number of anilines is 1. The van der Waals surface area contributed by atoms with Crippen LogP contribution in [0.3, 0.4) is 0 Å². The zero-order valence-electron chi connectivity index (χ0n) is 22.3. The second-order valence-corrected chi connectivity index (χ2v) is 10.9. The second-order valence-electron chi connectivity index (χ2n) is 10.9. The maximum atomic E-state index is 12.6. The zero-order chi connectivity index (χ0) is 26.3. The van der Waals surface area contributed by atoms with E-state index in [1.807, 2.05) is 44.3 Å². The van der Waals surface area contributed by atoms with E-state index in [2.05, 4.69) is 67.6 Å². The molecule has 0 spiro atoms. The van der Waals surface area contributed by atoms with Crippen LogP contribution >= 0.6 is 0 Å². The lowest BCUT2D eigenvalue weighted by Crippen LogP contribution is -2.50. The van der Waals surface area contributed by atoms with Crippen molar-refractivity contribution in [3.8, 4) is 11.3 Å². The summed E-state index contributed by atoms with van der Waals surface area (Å²) in [5.74, 6) is 0.116. The van der Waals surface area contributed by atoms with E-state index < -0.39 is 0 Å². The summed E-state index contributed by atoms with van der Waals surface area (Å²) < 4.78 is 7.14. The Hall–Kier alpha value is -3.79. The molecule has 4 aromatic rings. The van der Waals surface area contributed by atoms with Crippen LogP contribution in [0, 0.1) is 6.92 Å². The molecule has 1 aromatic carbocycles. The topological polar surface area (TPSA) is 105 Å². The summed E-state index contributed by atoms with van der Waals surface area (Å²) in [6, 6.07) is 8.83. The molecule has 1 N–H and O–H groups in total. The van der Waals surface area contributed by atoms with Gasteiger partial charge in [-0.25, -0.2) is 9.50 Å². The van der Waals surface area contributed by atoms with Gasteiger partial charge in [-0.05, 0) is 44.2 Å². The van der Waals surface area contributed by atoms with Crippen LogP contribution in [0.15, 0.2) is 41.3 Å². The van der Waals surface area contributed by atoms with Crippen molar-refractivity contribution in [2.24, 2.45) is 0 Å². The van der Waals surface area contributed by atoms with E-state index in [9.17, 15) is 4.79 Å². The van der Waals surface area contributed by atoms with Crippen LogP contribution < -0.4 is 10.2 Å². The van der Waals surface area contributed by atoms with Gasteiger partial charge in [0.15, 0.2) is 0 Å². The molecule has 0 radical (unpaired) electrons. The van der Waals surface area contributed by atoms with Crippen molar-refractivity contribution in [3.63, 3.8) is 0 Å². The van der Waals surface area contributed by atoms with Crippen molar-refractivity contribution in [2.75, 3.05) is 31.6 Å². The number of aromatic nitrogens is 5. The highest BCUT2D eigenvalue weighted by molar-refractivity contribution is 5.90. The van der Waals surface area contributed by atoms with Crippen molar-refractivity contribution in [3.05, 3.63) is 59.6 Å². The molecular weight excluding hydrogens is 468 g/mol. The number of hydrogen-bond acceptors (Lipinski definition) is 8. The van der Waals surface area contributed by atoms with Crippen LogP contribution in [0.1, 0.15) is 55.3 Å². The third-order valence-corrected chi connectivity index (χ3v) is 7.04. The van der Waals surface area contributed by atoms with Gasteiger partial charge < -0.3 is 19.6 Å². The summed E-state index contributed by atoms with van der Waals surface area (Å²) in [6.45, 7) is 13.5. The molecule has 194 valence electrons. The lowest BCUT2D eigenvalue weighted by Gasteiger charge is -2.38. The summed E-state index contributed by atoms with van der Waals surface area (Å²) in [4.78, 5) is 26.2. The normalized spacial score (nSPS) is 16.9. The van der Waals surface area contributed by atoms with Gasteiger partial charge in [-0.3, -0.25) is 4.79 Å². The van der Waals surface area contributed by atoms with Crippen molar-refractivity contribution in [2.45, 2.75) is 52.6 Å². The number of fused-ring (bicyclic) bond motifs is 1. The first kappa shape index (κ1) is 24.9. The first-order valence-electron chi connectivity index (χ1n) is 12.6. The van der Waals surface area contributed by atoms with Gasteiger partial charge in [0, 0.05) is 43.2 Å². The van der Waals surface area contributed by atoms with E-state index >= 15 is 0 Å². The predicted molar refractivity (Wildman–Crippen MR) is 142 cm³/mol. The molecule has 4 heterocycles. The minimum Gasteiger partial charge on any atom is -0.367 e. The third kappa shape index (κ3) is 5.06. The molecule has 1 fully saturated rings. The molecule has 1 saturated heterocycles. The van der Waals surface area contributed by atoms with Gasteiger partial charge in [0.2, 0.25) is 5.89 Å². The summed E-state index contributed by atoms with van der Waals surface area (Å²) in [6.07, 6.45) is 3.68. The zero-order valence-corrected chi connectivity index (χ0v) is 22.3. The maximum Gasteiger partial charge on any atom is 0.292 e. The van der Waals surface area contributed by atoms with Gasteiger partial charge in [-0.2, -0.15) is 10.1 Å². The van der Waals surface area contributed by atoms with Gasteiger partial charge >= 0.3 is 0 Å². The first-order chi connectivity index (χ1) is 17.6. The standard InChI is InChI=1S/C27H34N8O2/c1-17-11-19(7-8-20(17)13-28-25(36)24-31-26(37-32-24)27(3,4)5)23-22-12-21(15-35(22)30-16-29-23)34-10-9-33(6)18(2)14-34/h7-8,11-12,15-16,18H,9-10,13-14H2,1-6H3,(H,28,36)/t18-/m1/s1. The largest absolute Gasteiger partial charge is 0.367 e. The predicted octanol–water partition coefficient (Wildman–Crippen LogP) is 3.46. The Morgan fingerprint density at radius 2 is 2.03 bits per heavy atom. The van der Waals surface area contributed by atoms with Gasteiger partial charge in [0.1, 0.15) is 6.33 Å². The van der Waals surface area contributed by atoms with Gasteiger partial charge in [-0.15, -0.1) is 0 Å². The quantitative estimate of drug-likeness (QED) is 0.443. The molecule has 0 unspecified atom stereocenters. The molecule has 0 bridgehead atoms. The molecule has 10 nitrogen and oxygen atoms in total. The smallest absolute Gasteiger partial charge is 0.292 e. The Morgan fingerprint density at radius 3 is 2.73 bits per heavy atom. The van der Waals surface area contributed by atoms with Crippen LogP contribution in [0.4, 0.5) is 5.69 Å². The molecule has 1 atom stereocenters. The Morgan fingerprint density at radius 1 is 1.22 bits per heavy atom. The number of aryl methyl sites for hydroxylation is 1. The van der Waals surface area contributed by atoms with Gasteiger partial charge in [-0.1, -0.05) is 38.1 Å². The van der Waals surface area contributed by atoms with E-state index in [-0.39, 0.29) is 17.1 Å². The van der Waals surface area contributed by atoms with Crippen LogP contribution in [0.2, 0.25) is 0 Å². The number of carbonyl (C=O) groups excluding carboxylic acids is 1. The number of nitrogens with one attached hydrogen (secondary N) is 1. The number of piperazine rings is 1. The van der Waals surface area contributed by atoms with E-state index in [4.69, 9.17) is 4.52 Å². The number of carbonyl (C=O) groups is 1. The Kier molecular flexibility index (Phi) is 6.45. The maximum absolute atomic E-state index is 12.6. The molecule has 1 aliphatic rings. The molecule has 5 rings (SSSR count). The van der Waals surface area contributed by atoms with Crippen molar-refractivity contribution in [1.29, 1.82) is 0 Å². The summed E-state index contributed by atoms with van der Waals surface area (Å²) >= 11 is 0. The first-order valence-corrected chi connectivity index (χ1v) is 12.6. The van der Waals surface area contributed by atoms with Gasteiger partial charge in [0.05, 0.1) is 23.1 Å². The molecule has 1 amide bonds. The SMILES string of the molecule is Cc1cc(-c2ncnn3cc(N4CCN(C)[C@H](C)C4)cc23)ccc1CNC(=O)c1noc(C(C)(C)C)n1. The van der Waals surface area contributed by atoms with Crippen molar-refractivity contribution < 1.29 is 9.32 Å². The van der Waals surface area contributed by atoms with Crippen molar-refractivity contribution in [1.82, 2.24) is 35.0 Å². The third-order valence-electron chi connectivity index (χ3n) is 7.04. The van der Waals surface area contributed by atoms with E-state index in [1.165, 1.54) is 0 Å². The number of rotatable bonds is 5. The highest BCUT2D eigenvalue weighted by atomic mass is 16.5. The minimum atomic E-state index is -0.362. The monoisotopic (exact) mass is 502 g/mol. The summed E-state index contributed by atoms with van der Waals surface area (Å²) in [5.41, 5.74) is 5.76. The van der Waals surface area contributed by atoms with E-state index in [1.54, 1.807) is 6.33 Å². The fourth-order valence-electron chi connectivity index (χ4n) is 4.51. The summed E-state index contributed by atoms with van der Waals surface area (Å²) in [5, 5.41) is 11.2. The molecule has 0 saturated carbocycles. The highest BCUT2D eigenvalue weighted by Gasteiger charge is 2.25. The average Bonchev–Trinajstić information content (AvgIpc) is 3.52. The number of amides is 1. The Bertz CT molecular complexity index is 1430. The highest BCUT2D eigenvalue weighted by Crippen LogP contribution is 2.29. The van der Waals surface area contributed by atoms with Crippen LogP contribution in [0.5, 0.6) is 0 Å². The fraction of sp³-hybridized carbons (Fsp3) is 0.444. The molecule has 10 heteroatoms. The second kappa shape index (κ2) is 9.59. The number of benzene rings is 1. The number of hydrogen-bond donors (Lipinski definition) is 1. The van der Waals surface area contributed by atoms with E-state index in [0.29, 0.717) is 18.5 Å². The molecular formula is C27H34N8O2. The van der Waals surface area contributed by atoms with Crippen LogP contribution in [0.25, 0.3) is 16.8 Å². The minimum absolute atomic E-state index is 0.0429. The Labute approximate surface area is 216 Å². The molecule has 1 aliphatic heterocycles. The number of nitrogens with zero attached hydrogens (tertiary/aromatic N) is 7. The molecule has 37 heavy (non-hydrogen) atoms. The average molecular weight is 503 g/mol. The van der Waals surface area contributed by atoms with E-state index in [0.717, 1.165) is 53.2 Å². The van der Waals surface area contributed by atoms with Crippen LogP contribution in [-0.2, 0) is 12.0 Å². The lowest BCUT2D eigenvalue weighted by atomic mass is 9.97. The lowest BCUT2D eigenvalue weighted by molar-refractivity contribution is 0.0937. The fourth-order valence-corrected chi connectivity index (χ4v) is 4.51. The van der Waals surface area contributed by atoms with Crippen molar-refractivity contribution >= 4 is 17.1 Å². The molecule has 3 aromatic heterocycles. The number of likely N-dealkylation sites (N-methyl/N-ethyl adjacent to an activating group) is 1. The Balaban J connectivity index is 1.33. The van der Waals surface area contributed by atoms with Gasteiger partial charge in [0.25, 0.3) is 11.7 Å².